The standard InChI is InChI=1S/C13H8BBrF2O4S/c1-7-6-10-12(13(18)19-7)9(20-14(16,17)21-10)4-2-8-3-5-11(15)22-8/h2-6H,1H3/b4-2+. The predicted octanol–water partition coefficient (Wildman–Crippen LogP) is 3.97. The molecule has 0 aromatic carbocycles. The largest absolute Gasteiger partial charge is 0.995 e. The Hall–Kier alpha value is -1.74. The van der Waals surface area contributed by atoms with Crippen molar-refractivity contribution >= 4 is 46.2 Å². The number of rotatable bonds is 2. The Bertz CT molecular complexity index is 856. The minimum atomic E-state index is -4.53. The first-order valence-corrected chi connectivity index (χ1v) is 7.78. The zero-order valence-corrected chi connectivity index (χ0v) is 13.5. The molecule has 0 saturated heterocycles. The second-order valence-corrected chi connectivity index (χ2v) is 6.99. The molecule has 1 aliphatic rings. The molecule has 0 radical (unpaired) electrons. The van der Waals surface area contributed by atoms with Gasteiger partial charge in [-0.15, -0.1) is 11.3 Å². The van der Waals surface area contributed by atoms with E-state index in [1.165, 1.54) is 30.4 Å². The molecule has 1 aliphatic heterocycles. The smallest absolute Gasteiger partial charge is 0.568 e. The van der Waals surface area contributed by atoms with Gasteiger partial charge in [0.15, 0.2) is 5.56 Å². The number of aryl methyl sites for hydroxylation is 1. The predicted molar refractivity (Wildman–Crippen MR) is 83.7 cm³/mol. The summed E-state index contributed by atoms with van der Waals surface area (Å²) in [5, 5.41) is 0. The van der Waals surface area contributed by atoms with Gasteiger partial charge in [-0.3, -0.25) is 0 Å². The normalized spacial score (nSPS) is 16.3. The van der Waals surface area contributed by atoms with Crippen LogP contribution >= 0.6 is 27.3 Å². The first-order valence-electron chi connectivity index (χ1n) is 6.17. The number of ketones is 1. The molecular formula is C13H8BBrF2O4S. The highest BCUT2D eigenvalue weighted by molar-refractivity contribution is 9.11. The van der Waals surface area contributed by atoms with Crippen LogP contribution in [0.4, 0.5) is 8.63 Å². The number of halogens is 3. The Labute approximate surface area is 135 Å². The molecule has 0 spiro atoms. The van der Waals surface area contributed by atoms with Crippen molar-refractivity contribution < 1.29 is 22.0 Å². The van der Waals surface area contributed by atoms with E-state index in [-0.39, 0.29) is 22.9 Å². The summed E-state index contributed by atoms with van der Waals surface area (Å²) in [4.78, 5) is 12.7. The molecule has 0 aliphatic carbocycles. The van der Waals surface area contributed by atoms with Gasteiger partial charge in [-0.2, -0.15) is 0 Å². The Morgan fingerprint density at radius 2 is 2.14 bits per heavy atom. The van der Waals surface area contributed by atoms with E-state index in [0.717, 1.165) is 8.66 Å². The molecule has 0 N–H and O–H groups in total. The number of fused-ring (bicyclic) bond motifs is 1. The lowest BCUT2D eigenvalue weighted by atomic mass is 10.1. The van der Waals surface area contributed by atoms with Crippen LogP contribution in [0.5, 0.6) is 5.75 Å². The van der Waals surface area contributed by atoms with Gasteiger partial charge in [0.05, 0.1) is 3.79 Å². The zero-order chi connectivity index (χ0) is 15.9. The molecule has 0 atom stereocenters. The van der Waals surface area contributed by atoms with Gasteiger partial charge in [-0.1, -0.05) is 0 Å². The lowest BCUT2D eigenvalue weighted by Gasteiger charge is -2.18. The van der Waals surface area contributed by atoms with E-state index in [1.807, 2.05) is 6.07 Å². The quantitative estimate of drug-likeness (QED) is 0.444. The highest BCUT2D eigenvalue weighted by Crippen LogP contribution is 2.29. The van der Waals surface area contributed by atoms with Crippen molar-refractivity contribution in [1.82, 2.24) is 0 Å². The Morgan fingerprint density at radius 3 is 2.82 bits per heavy atom. The van der Waals surface area contributed by atoms with Gasteiger partial charge in [0.25, 0.3) is 5.78 Å². The molecule has 3 heterocycles. The molecule has 114 valence electrons. The maximum absolute atomic E-state index is 13.6. The maximum Gasteiger partial charge on any atom is 0.995 e. The van der Waals surface area contributed by atoms with Crippen LogP contribution < -0.4 is 10.3 Å². The fourth-order valence-electron chi connectivity index (χ4n) is 1.98. The summed E-state index contributed by atoms with van der Waals surface area (Å²) < 4.78 is 41.9. The third-order valence-electron chi connectivity index (χ3n) is 2.81. The van der Waals surface area contributed by atoms with Crippen molar-refractivity contribution in [1.29, 1.82) is 0 Å². The Kier molecular flexibility index (Phi) is 3.78. The van der Waals surface area contributed by atoms with E-state index in [0.29, 0.717) is 0 Å². The van der Waals surface area contributed by atoms with E-state index in [2.05, 4.69) is 24.9 Å². The van der Waals surface area contributed by atoms with Gasteiger partial charge in [-0.25, -0.2) is 4.79 Å². The second-order valence-electron chi connectivity index (χ2n) is 4.49. The number of thiophene rings is 1. The van der Waals surface area contributed by atoms with Gasteiger partial charge in [0, 0.05) is 17.0 Å². The molecule has 9 heteroatoms. The summed E-state index contributed by atoms with van der Waals surface area (Å²) in [6.45, 7) is 1.48. The van der Waals surface area contributed by atoms with Crippen LogP contribution in [0.25, 0.3) is 6.08 Å². The van der Waals surface area contributed by atoms with Crippen LogP contribution in [0.15, 0.2) is 37.3 Å². The Morgan fingerprint density at radius 1 is 1.36 bits per heavy atom. The van der Waals surface area contributed by atoms with Crippen LogP contribution in [-0.4, -0.2) is 12.9 Å². The number of hydrogen-bond donors (Lipinski definition) is 0. The molecule has 22 heavy (non-hydrogen) atoms. The van der Waals surface area contributed by atoms with Crippen molar-refractivity contribution in [2.75, 3.05) is 0 Å². The molecule has 4 nitrogen and oxygen atoms in total. The molecular weight excluding hydrogens is 381 g/mol. The minimum Gasteiger partial charge on any atom is -0.568 e. The minimum absolute atomic E-state index is 0.148. The highest BCUT2D eigenvalue weighted by atomic mass is 79.9. The topological polar surface area (TPSA) is 50.7 Å². The zero-order valence-electron chi connectivity index (χ0n) is 11.1. The van der Waals surface area contributed by atoms with Crippen molar-refractivity contribution in [2.24, 2.45) is 0 Å². The molecule has 0 saturated carbocycles. The van der Waals surface area contributed by atoms with Crippen LogP contribution in [0.2, 0.25) is 0 Å². The van der Waals surface area contributed by atoms with Crippen LogP contribution in [0.1, 0.15) is 20.5 Å². The van der Waals surface area contributed by atoms with Crippen molar-refractivity contribution in [3.8, 4) is 5.75 Å². The van der Waals surface area contributed by atoms with Crippen molar-refractivity contribution in [3.63, 3.8) is 0 Å². The van der Waals surface area contributed by atoms with E-state index in [1.54, 1.807) is 12.1 Å². The maximum atomic E-state index is 13.6. The average Bonchev–Trinajstić information content (AvgIpc) is 2.79. The van der Waals surface area contributed by atoms with E-state index in [4.69, 9.17) is 4.42 Å². The molecule has 0 fully saturated rings. The van der Waals surface area contributed by atoms with Gasteiger partial charge in [0.2, 0.25) is 0 Å². The summed E-state index contributed by atoms with van der Waals surface area (Å²) in [5.41, 5.74) is -0.932. The van der Waals surface area contributed by atoms with Gasteiger partial charge in [0.1, 0.15) is 11.5 Å². The summed E-state index contributed by atoms with van der Waals surface area (Å²) >= 11 is 4.72. The van der Waals surface area contributed by atoms with Crippen LogP contribution in [-0.2, 0) is 0 Å². The van der Waals surface area contributed by atoms with E-state index in [9.17, 15) is 13.4 Å². The van der Waals surface area contributed by atoms with Crippen molar-refractivity contribution in [3.05, 3.63) is 54.7 Å². The van der Waals surface area contributed by atoms with Gasteiger partial charge in [-0.05, 0) is 41.1 Å². The fourth-order valence-corrected chi connectivity index (χ4v) is 3.30. The van der Waals surface area contributed by atoms with Crippen LogP contribution in [0, 0.1) is 6.92 Å². The number of hydrogen-bond acceptors (Lipinski definition) is 4. The SMILES string of the molecule is Cc1cc2c(c(=O)o1)C(/C=C/c1ccc(Br)s1)=[O+][B-](F)(F)O2. The Balaban J connectivity index is 2.08. The summed E-state index contributed by atoms with van der Waals surface area (Å²) in [7, 11) is -4.53. The van der Waals surface area contributed by atoms with Gasteiger partial charge >= 0.3 is 12.7 Å². The average molecular weight is 389 g/mol. The molecule has 2 aromatic rings. The summed E-state index contributed by atoms with van der Waals surface area (Å²) in [6.07, 6.45) is 2.88. The monoisotopic (exact) mass is 388 g/mol. The number of allylic oxidation sites excluding steroid dienone is 1. The van der Waals surface area contributed by atoms with Crippen molar-refractivity contribution in [2.45, 2.75) is 6.92 Å². The lowest BCUT2D eigenvalue weighted by molar-refractivity contribution is -0.180. The fraction of sp³-hybridized carbons (Fsp3) is 0.0769. The molecule has 0 bridgehead atoms. The second kappa shape index (κ2) is 5.47. The van der Waals surface area contributed by atoms with E-state index < -0.39 is 12.7 Å². The van der Waals surface area contributed by atoms with Crippen LogP contribution in [0.3, 0.4) is 0 Å². The third kappa shape index (κ3) is 3.05. The first-order chi connectivity index (χ1) is 10.3. The molecule has 2 aromatic heterocycles. The summed E-state index contributed by atoms with van der Waals surface area (Å²) in [6, 6.07) is 4.86. The third-order valence-corrected chi connectivity index (χ3v) is 4.40. The molecule has 0 amide bonds. The molecule has 3 rings (SSSR count). The first kappa shape index (κ1) is 15.2. The number of carbonyl (C=O) groups excluding carboxylic acids is 1. The highest BCUT2D eigenvalue weighted by Gasteiger charge is 2.54. The van der Waals surface area contributed by atoms with Gasteiger partial charge < -0.3 is 22.0 Å². The summed E-state index contributed by atoms with van der Waals surface area (Å²) in [5.74, 6) is -0.329. The molecule has 0 unspecified atom stereocenters. The van der Waals surface area contributed by atoms with E-state index >= 15 is 0 Å². The lowest BCUT2D eigenvalue weighted by Crippen LogP contribution is -2.38.